The third-order valence-corrected chi connectivity index (χ3v) is 2.98. The van der Waals surface area contributed by atoms with E-state index < -0.39 is 0 Å². The second-order valence-electron chi connectivity index (χ2n) is 5.41. The number of amides is 1. The third-order valence-electron chi connectivity index (χ3n) is 2.98. The standard InChI is InChI=1S/C14H19N3O2/c1-14(2,7-15-3)8-16-13(18)10-4-5-11-12(6-10)19-9-17-11/h4-6,9,15H,7-8H2,1-3H3,(H,16,18). The van der Waals surface area contributed by atoms with Crippen LogP contribution in [-0.4, -0.2) is 31.0 Å². The summed E-state index contributed by atoms with van der Waals surface area (Å²) in [5.41, 5.74) is 1.99. The molecule has 0 fully saturated rings. The molecule has 2 aromatic rings. The summed E-state index contributed by atoms with van der Waals surface area (Å²) in [6.07, 6.45) is 1.38. The predicted molar refractivity (Wildman–Crippen MR) is 74.0 cm³/mol. The van der Waals surface area contributed by atoms with Gasteiger partial charge in [0.25, 0.3) is 5.91 Å². The van der Waals surface area contributed by atoms with E-state index in [4.69, 9.17) is 4.42 Å². The van der Waals surface area contributed by atoms with E-state index >= 15 is 0 Å². The van der Waals surface area contributed by atoms with E-state index in [9.17, 15) is 4.79 Å². The molecule has 0 spiro atoms. The molecule has 0 saturated heterocycles. The van der Waals surface area contributed by atoms with E-state index in [1.807, 2.05) is 7.05 Å². The number of fused-ring (bicyclic) bond motifs is 1. The molecule has 1 aromatic heterocycles. The molecule has 1 heterocycles. The summed E-state index contributed by atoms with van der Waals surface area (Å²) in [6.45, 7) is 5.66. The summed E-state index contributed by atoms with van der Waals surface area (Å²) in [7, 11) is 1.90. The Labute approximate surface area is 112 Å². The smallest absolute Gasteiger partial charge is 0.251 e. The summed E-state index contributed by atoms with van der Waals surface area (Å²) in [5.74, 6) is -0.0949. The lowest BCUT2D eigenvalue weighted by atomic mass is 9.93. The highest BCUT2D eigenvalue weighted by Crippen LogP contribution is 2.15. The second kappa shape index (κ2) is 5.40. The van der Waals surface area contributed by atoms with E-state index in [0.717, 1.165) is 12.1 Å². The van der Waals surface area contributed by atoms with Crippen LogP contribution in [0.25, 0.3) is 11.1 Å². The molecule has 0 aliphatic rings. The number of nitrogens with zero attached hydrogens (tertiary/aromatic N) is 1. The molecule has 1 aromatic carbocycles. The molecule has 1 amide bonds. The van der Waals surface area contributed by atoms with Gasteiger partial charge in [-0.1, -0.05) is 13.8 Å². The molecule has 0 unspecified atom stereocenters. The molecule has 2 N–H and O–H groups in total. The zero-order valence-electron chi connectivity index (χ0n) is 11.5. The molecule has 0 atom stereocenters. The van der Waals surface area contributed by atoms with Crippen LogP contribution in [-0.2, 0) is 0 Å². The zero-order valence-corrected chi connectivity index (χ0v) is 11.5. The fourth-order valence-electron chi connectivity index (χ4n) is 1.96. The van der Waals surface area contributed by atoms with Crippen molar-refractivity contribution < 1.29 is 9.21 Å². The van der Waals surface area contributed by atoms with Crippen LogP contribution in [0.1, 0.15) is 24.2 Å². The maximum Gasteiger partial charge on any atom is 0.251 e. The molecule has 19 heavy (non-hydrogen) atoms. The number of rotatable bonds is 5. The first-order chi connectivity index (χ1) is 9.02. The molecule has 0 bridgehead atoms. The monoisotopic (exact) mass is 261 g/mol. The van der Waals surface area contributed by atoms with Gasteiger partial charge in [0.05, 0.1) is 0 Å². The van der Waals surface area contributed by atoms with E-state index in [1.165, 1.54) is 6.39 Å². The number of hydrogen-bond acceptors (Lipinski definition) is 4. The first-order valence-corrected chi connectivity index (χ1v) is 6.28. The zero-order chi connectivity index (χ0) is 13.9. The van der Waals surface area contributed by atoms with Crippen LogP contribution in [0.4, 0.5) is 0 Å². The minimum atomic E-state index is -0.0949. The summed E-state index contributed by atoms with van der Waals surface area (Å²) in [5, 5.41) is 6.06. The number of aromatic nitrogens is 1. The Morgan fingerprint density at radius 3 is 2.89 bits per heavy atom. The van der Waals surface area contributed by atoms with Gasteiger partial charge in [-0.3, -0.25) is 4.79 Å². The van der Waals surface area contributed by atoms with Gasteiger partial charge in [-0.25, -0.2) is 4.98 Å². The molecule has 5 nitrogen and oxygen atoms in total. The Balaban J connectivity index is 2.03. The van der Waals surface area contributed by atoms with Crippen molar-refractivity contribution in [3.8, 4) is 0 Å². The number of nitrogens with one attached hydrogen (secondary N) is 2. The third kappa shape index (κ3) is 3.32. The average Bonchev–Trinajstić information content (AvgIpc) is 2.83. The van der Waals surface area contributed by atoms with Crippen molar-refractivity contribution in [2.45, 2.75) is 13.8 Å². The predicted octanol–water partition coefficient (Wildman–Crippen LogP) is 1.80. The lowest BCUT2D eigenvalue weighted by Gasteiger charge is -2.24. The minimum Gasteiger partial charge on any atom is -0.443 e. The maximum atomic E-state index is 12.1. The topological polar surface area (TPSA) is 67.2 Å². The molecule has 0 radical (unpaired) electrons. The lowest BCUT2D eigenvalue weighted by Crippen LogP contribution is -2.39. The Bertz CT molecular complexity index is 575. The van der Waals surface area contributed by atoms with Crippen molar-refractivity contribution >= 4 is 17.0 Å². The summed E-state index contributed by atoms with van der Waals surface area (Å²) >= 11 is 0. The summed E-state index contributed by atoms with van der Waals surface area (Å²) in [6, 6.07) is 5.25. The normalized spacial score (nSPS) is 11.7. The maximum absolute atomic E-state index is 12.1. The first-order valence-electron chi connectivity index (χ1n) is 6.28. The Kier molecular flexibility index (Phi) is 3.85. The minimum absolute atomic E-state index is 0.0146. The summed E-state index contributed by atoms with van der Waals surface area (Å²) in [4.78, 5) is 16.1. The number of oxazole rings is 1. The van der Waals surface area contributed by atoms with Gasteiger partial charge < -0.3 is 15.1 Å². The summed E-state index contributed by atoms with van der Waals surface area (Å²) < 4.78 is 5.19. The van der Waals surface area contributed by atoms with Gasteiger partial charge in [0.15, 0.2) is 12.0 Å². The highest BCUT2D eigenvalue weighted by Gasteiger charge is 2.18. The van der Waals surface area contributed by atoms with Crippen LogP contribution in [0.2, 0.25) is 0 Å². The largest absolute Gasteiger partial charge is 0.443 e. The Hall–Kier alpha value is -1.88. The van der Waals surface area contributed by atoms with Crippen LogP contribution in [0.5, 0.6) is 0 Å². The van der Waals surface area contributed by atoms with Crippen molar-refractivity contribution in [1.29, 1.82) is 0 Å². The van der Waals surface area contributed by atoms with Crippen molar-refractivity contribution in [3.05, 3.63) is 30.2 Å². The fourth-order valence-corrected chi connectivity index (χ4v) is 1.96. The molecule has 5 heteroatoms. The van der Waals surface area contributed by atoms with Crippen LogP contribution < -0.4 is 10.6 Å². The van der Waals surface area contributed by atoms with Gasteiger partial charge in [-0.05, 0) is 30.7 Å². The highest BCUT2D eigenvalue weighted by atomic mass is 16.3. The number of benzene rings is 1. The van der Waals surface area contributed by atoms with Crippen molar-refractivity contribution in [3.63, 3.8) is 0 Å². The van der Waals surface area contributed by atoms with Gasteiger partial charge >= 0.3 is 0 Å². The fraction of sp³-hybridized carbons (Fsp3) is 0.429. The molecular weight excluding hydrogens is 242 g/mol. The highest BCUT2D eigenvalue weighted by molar-refractivity contribution is 5.96. The van der Waals surface area contributed by atoms with E-state index in [0.29, 0.717) is 17.7 Å². The van der Waals surface area contributed by atoms with Crippen LogP contribution in [0.3, 0.4) is 0 Å². The molecule has 0 aliphatic heterocycles. The van der Waals surface area contributed by atoms with Gasteiger partial charge in [0, 0.05) is 18.7 Å². The SMILES string of the molecule is CNCC(C)(C)CNC(=O)c1ccc2ncoc2c1. The number of carbonyl (C=O) groups excluding carboxylic acids is 1. The van der Waals surface area contributed by atoms with Crippen molar-refractivity contribution in [2.75, 3.05) is 20.1 Å². The second-order valence-corrected chi connectivity index (χ2v) is 5.41. The van der Waals surface area contributed by atoms with Gasteiger partial charge in [-0.15, -0.1) is 0 Å². The number of hydrogen-bond donors (Lipinski definition) is 2. The van der Waals surface area contributed by atoms with Crippen LogP contribution in [0.15, 0.2) is 29.0 Å². The van der Waals surface area contributed by atoms with Crippen molar-refractivity contribution in [2.24, 2.45) is 5.41 Å². The van der Waals surface area contributed by atoms with Crippen LogP contribution in [0, 0.1) is 5.41 Å². The Morgan fingerprint density at radius 1 is 1.37 bits per heavy atom. The molecule has 0 aliphatic carbocycles. The average molecular weight is 261 g/mol. The molecule has 2 rings (SSSR count). The van der Waals surface area contributed by atoms with E-state index in [1.54, 1.807) is 18.2 Å². The molecule has 102 valence electrons. The lowest BCUT2D eigenvalue weighted by molar-refractivity contribution is 0.0936. The van der Waals surface area contributed by atoms with E-state index in [-0.39, 0.29) is 11.3 Å². The Morgan fingerprint density at radius 2 is 2.16 bits per heavy atom. The van der Waals surface area contributed by atoms with Crippen molar-refractivity contribution in [1.82, 2.24) is 15.6 Å². The van der Waals surface area contributed by atoms with Gasteiger partial charge in [-0.2, -0.15) is 0 Å². The quantitative estimate of drug-likeness (QED) is 0.861. The van der Waals surface area contributed by atoms with Crippen LogP contribution >= 0.6 is 0 Å². The number of carbonyl (C=O) groups is 1. The van der Waals surface area contributed by atoms with Gasteiger partial charge in [0.2, 0.25) is 0 Å². The molecular formula is C14H19N3O2. The first kappa shape index (κ1) is 13.5. The van der Waals surface area contributed by atoms with Gasteiger partial charge in [0.1, 0.15) is 5.52 Å². The van der Waals surface area contributed by atoms with E-state index in [2.05, 4.69) is 29.5 Å². The molecule has 0 saturated carbocycles.